The number of carbonyl (C=O) groups is 1. The average Bonchev–Trinajstić information content (AvgIpc) is 2.74. The molecule has 20 heavy (non-hydrogen) atoms. The molecule has 1 N–H and O–H groups in total. The van der Waals surface area contributed by atoms with Gasteiger partial charge >= 0.3 is 0 Å². The van der Waals surface area contributed by atoms with Gasteiger partial charge in [0, 0.05) is 17.8 Å². The molecule has 0 aromatic carbocycles. The second-order valence-corrected chi connectivity index (χ2v) is 6.86. The van der Waals surface area contributed by atoms with Crippen LogP contribution in [0.1, 0.15) is 32.6 Å². The van der Waals surface area contributed by atoms with Crippen LogP contribution in [-0.2, 0) is 4.79 Å². The van der Waals surface area contributed by atoms with Gasteiger partial charge in [-0.05, 0) is 48.8 Å². The Hall–Kier alpha value is -1.57. The molecule has 0 heterocycles. The molecule has 2 saturated carbocycles. The molecule has 4 rings (SSSR count). The van der Waals surface area contributed by atoms with Crippen molar-refractivity contribution in [3.05, 3.63) is 47.3 Å². The fourth-order valence-corrected chi connectivity index (χ4v) is 4.78. The Balaban J connectivity index is 1.76. The first kappa shape index (κ1) is 12.2. The summed E-state index contributed by atoms with van der Waals surface area (Å²) in [6.45, 7) is 2.17. The first-order valence-electron chi connectivity index (χ1n) is 7.63. The van der Waals surface area contributed by atoms with E-state index in [-0.39, 0.29) is 5.41 Å². The van der Waals surface area contributed by atoms with Gasteiger partial charge in [-0.15, -0.1) is 0 Å². The van der Waals surface area contributed by atoms with E-state index >= 15 is 0 Å². The van der Waals surface area contributed by atoms with Crippen LogP contribution in [0.3, 0.4) is 0 Å². The predicted molar refractivity (Wildman–Crippen MR) is 78.1 cm³/mol. The third-order valence-electron chi connectivity index (χ3n) is 5.95. The molecule has 2 fully saturated rings. The van der Waals surface area contributed by atoms with Crippen molar-refractivity contribution in [2.24, 2.45) is 23.2 Å². The zero-order valence-corrected chi connectivity index (χ0v) is 11.8. The fraction of sp³-hybridized carbons (Fsp3) is 0.500. The standard InChI is InChI=1S/C18H20O2/c1-18-9-8-14-13-5-3-12(19)10-11(13)2-4-15(14)16(18)6-7-17(18)20/h2-5,10,13-14,16,19H,6-9H2,1H3/t13-,14+,16-,18-/m0/s1. The quantitative estimate of drug-likeness (QED) is 0.724. The van der Waals surface area contributed by atoms with Crippen molar-refractivity contribution in [3.63, 3.8) is 0 Å². The van der Waals surface area contributed by atoms with Crippen LogP contribution in [0.4, 0.5) is 0 Å². The Kier molecular flexibility index (Phi) is 2.42. The zero-order valence-electron chi connectivity index (χ0n) is 11.8. The normalized spacial score (nSPS) is 42.1. The molecule has 0 bridgehead atoms. The Morgan fingerprint density at radius 3 is 3.00 bits per heavy atom. The molecule has 0 amide bonds. The van der Waals surface area contributed by atoms with Gasteiger partial charge in [0.25, 0.3) is 0 Å². The maximum atomic E-state index is 12.2. The molecule has 0 radical (unpaired) electrons. The van der Waals surface area contributed by atoms with Crippen LogP contribution in [0.2, 0.25) is 0 Å². The number of hydrogen-bond donors (Lipinski definition) is 1. The van der Waals surface area contributed by atoms with Crippen LogP contribution in [0.15, 0.2) is 47.3 Å². The van der Waals surface area contributed by atoms with Gasteiger partial charge in [-0.1, -0.05) is 30.7 Å². The number of allylic oxidation sites excluding steroid dienone is 7. The predicted octanol–water partition coefficient (Wildman–Crippen LogP) is 3.88. The lowest BCUT2D eigenvalue weighted by Gasteiger charge is -2.45. The Morgan fingerprint density at radius 1 is 1.30 bits per heavy atom. The summed E-state index contributed by atoms with van der Waals surface area (Å²) in [6, 6.07) is 0. The first-order valence-corrected chi connectivity index (χ1v) is 7.63. The molecular formula is C18H20O2. The largest absolute Gasteiger partial charge is 0.508 e. The molecule has 0 saturated heterocycles. The maximum Gasteiger partial charge on any atom is 0.139 e. The molecule has 4 aliphatic rings. The van der Waals surface area contributed by atoms with Crippen LogP contribution in [0.5, 0.6) is 0 Å². The van der Waals surface area contributed by atoms with E-state index in [1.54, 1.807) is 0 Å². The topological polar surface area (TPSA) is 37.3 Å². The van der Waals surface area contributed by atoms with Crippen molar-refractivity contribution in [2.45, 2.75) is 32.6 Å². The van der Waals surface area contributed by atoms with Gasteiger partial charge in [0.2, 0.25) is 0 Å². The third-order valence-corrected chi connectivity index (χ3v) is 5.95. The molecule has 0 aromatic heterocycles. The van der Waals surface area contributed by atoms with Crippen molar-refractivity contribution in [2.75, 3.05) is 0 Å². The highest BCUT2D eigenvalue weighted by Gasteiger charge is 2.52. The summed E-state index contributed by atoms with van der Waals surface area (Å²) in [5, 5.41) is 9.64. The summed E-state index contributed by atoms with van der Waals surface area (Å²) < 4.78 is 0. The molecular weight excluding hydrogens is 248 g/mol. The van der Waals surface area contributed by atoms with Gasteiger partial charge < -0.3 is 5.11 Å². The van der Waals surface area contributed by atoms with Gasteiger partial charge in [-0.3, -0.25) is 4.79 Å². The summed E-state index contributed by atoms with van der Waals surface area (Å²) in [5.74, 6) is 2.18. The Morgan fingerprint density at radius 2 is 2.15 bits per heavy atom. The average molecular weight is 268 g/mol. The molecule has 0 spiro atoms. The number of Topliss-reactive ketones (excluding diaryl/α,β-unsaturated/α-hetero) is 1. The van der Waals surface area contributed by atoms with Crippen molar-refractivity contribution in [3.8, 4) is 0 Å². The van der Waals surface area contributed by atoms with Gasteiger partial charge in [0.05, 0.1) is 0 Å². The SMILES string of the molecule is C[C@]12CC[C@H]3C(=CC=C4C=C(O)C=C[C@@H]43)[C@@H]1CCC2=O. The monoisotopic (exact) mass is 268 g/mol. The third kappa shape index (κ3) is 1.48. The minimum atomic E-state index is -0.107. The molecule has 2 heteroatoms. The van der Waals surface area contributed by atoms with E-state index in [4.69, 9.17) is 0 Å². The summed E-state index contributed by atoms with van der Waals surface area (Å²) in [6.07, 6.45) is 14.1. The highest BCUT2D eigenvalue weighted by molar-refractivity contribution is 5.88. The number of rotatable bonds is 0. The van der Waals surface area contributed by atoms with E-state index < -0.39 is 0 Å². The Labute approximate surface area is 119 Å². The molecule has 104 valence electrons. The van der Waals surface area contributed by atoms with E-state index in [0.717, 1.165) is 25.7 Å². The van der Waals surface area contributed by atoms with Crippen molar-refractivity contribution < 1.29 is 9.90 Å². The molecule has 4 aliphatic carbocycles. The minimum absolute atomic E-state index is 0.107. The number of fused-ring (bicyclic) bond motifs is 5. The zero-order chi connectivity index (χ0) is 13.9. The lowest BCUT2D eigenvalue weighted by molar-refractivity contribution is -0.127. The van der Waals surface area contributed by atoms with Crippen LogP contribution in [-0.4, -0.2) is 10.9 Å². The summed E-state index contributed by atoms with van der Waals surface area (Å²) in [5.41, 5.74) is 2.59. The lowest BCUT2D eigenvalue weighted by atomic mass is 9.58. The summed E-state index contributed by atoms with van der Waals surface area (Å²) >= 11 is 0. The van der Waals surface area contributed by atoms with E-state index in [9.17, 15) is 9.90 Å². The maximum absolute atomic E-state index is 12.2. The van der Waals surface area contributed by atoms with Gasteiger partial charge in [-0.2, -0.15) is 0 Å². The number of carbonyl (C=O) groups excluding carboxylic acids is 1. The molecule has 0 unspecified atom stereocenters. The number of aliphatic hydroxyl groups is 1. The Bertz CT molecular complexity index is 605. The number of aliphatic hydroxyl groups excluding tert-OH is 1. The van der Waals surface area contributed by atoms with Gasteiger partial charge in [-0.25, -0.2) is 0 Å². The molecule has 0 aliphatic heterocycles. The minimum Gasteiger partial charge on any atom is -0.508 e. The number of hydrogen-bond acceptors (Lipinski definition) is 2. The molecule has 2 nitrogen and oxygen atoms in total. The highest BCUT2D eigenvalue weighted by atomic mass is 16.3. The van der Waals surface area contributed by atoms with E-state index in [1.807, 2.05) is 12.2 Å². The summed E-state index contributed by atoms with van der Waals surface area (Å²) in [7, 11) is 0. The van der Waals surface area contributed by atoms with Gasteiger partial charge in [0.15, 0.2) is 0 Å². The first-order chi connectivity index (χ1) is 9.59. The van der Waals surface area contributed by atoms with Crippen LogP contribution in [0.25, 0.3) is 0 Å². The smallest absolute Gasteiger partial charge is 0.139 e. The highest BCUT2D eigenvalue weighted by Crippen LogP contribution is 2.57. The number of ketones is 1. The van der Waals surface area contributed by atoms with Crippen LogP contribution >= 0.6 is 0 Å². The van der Waals surface area contributed by atoms with E-state index in [1.165, 1.54) is 11.1 Å². The van der Waals surface area contributed by atoms with Crippen LogP contribution in [0, 0.1) is 23.2 Å². The second-order valence-electron chi connectivity index (χ2n) is 6.86. The van der Waals surface area contributed by atoms with Crippen molar-refractivity contribution >= 4 is 5.78 Å². The molecule has 4 atom stereocenters. The molecule has 0 aromatic rings. The fourth-order valence-electron chi connectivity index (χ4n) is 4.78. The van der Waals surface area contributed by atoms with E-state index in [0.29, 0.717) is 29.3 Å². The van der Waals surface area contributed by atoms with Crippen LogP contribution < -0.4 is 0 Å². The van der Waals surface area contributed by atoms with Crippen molar-refractivity contribution in [1.82, 2.24) is 0 Å². The van der Waals surface area contributed by atoms with Gasteiger partial charge in [0.1, 0.15) is 11.5 Å². The van der Waals surface area contributed by atoms with Crippen molar-refractivity contribution in [1.29, 1.82) is 0 Å². The lowest BCUT2D eigenvalue weighted by Crippen LogP contribution is -2.40. The second kappa shape index (κ2) is 3.97. The van der Waals surface area contributed by atoms with E-state index in [2.05, 4.69) is 25.2 Å². The summed E-state index contributed by atoms with van der Waals surface area (Å²) in [4.78, 5) is 12.2.